The van der Waals surface area contributed by atoms with Crippen molar-refractivity contribution in [2.45, 2.75) is 15.2 Å². The van der Waals surface area contributed by atoms with E-state index in [9.17, 15) is 0 Å². The van der Waals surface area contributed by atoms with Crippen LogP contribution in [-0.2, 0) is 5.41 Å². The van der Waals surface area contributed by atoms with Gasteiger partial charge in [-0.15, -0.1) is 0 Å². The third-order valence-corrected chi connectivity index (χ3v) is 8.40. The van der Waals surface area contributed by atoms with E-state index in [1.165, 1.54) is 54.3 Å². The second-order valence-corrected chi connectivity index (χ2v) is 10.2. The fraction of sp³-hybridized carbons (Fsp3) is 0.0323. The largest absolute Gasteiger partial charge is 0.0894 e. The van der Waals surface area contributed by atoms with Crippen molar-refractivity contribution in [3.63, 3.8) is 0 Å². The van der Waals surface area contributed by atoms with Crippen LogP contribution in [0.4, 0.5) is 0 Å². The molecule has 0 fully saturated rings. The van der Waals surface area contributed by atoms with Crippen LogP contribution in [0, 0.1) is 0 Å². The molecule has 5 aromatic rings. The zero-order chi connectivity index (χ0) is 22.0. The molecular formula is C31H19ClS. The fourth-order valence-corrected chi connectivity index (χ4v) is 7.03. The Hall–Kier alpha value is -3.26. The predicted molar refractivity (Wildman–Crippen MR) is 138 cm³/mol. The summed E-state index contributed by atoms with van der Waals surface area (Å²) in [6, 6.07) is 41.7. The molecule has 0 radical (unpaired) electrons. The van der Waals surface area contributed by atoms with Crippen molar-refractivity contribution in [2.24, 2.45) is 0 Å². The SMILES string of the molecule is Clc1ccc2c(c1)C1(c3ccccc3S2)c2ccccc2-c2cc(-c3ccccc3)ccc21. The zero-order valence-electron chi connectivity index (χ0n) is 17.8. The predicted octanol–water partition coefficient (Wildman–Crippen LogP) is 8.83. The van der Waals surface area contributed by atoms with E-state index in [4.69, 9.17) is 11.6 Å². The molecule has 33 heavy (non-hydrogen) atoms. The van der Waals surface area contributed by atoms with Gasteiger partial charge in [0.2, 0.25) is 0 Å². The number of halogens is 1. The van der Waals surface area contributed by atoms with Gasteiger partial charge in [-0.05, 0) is 74.8 Å². The first-order valence-electron chi connectivity index (χ1n) is 11.1. The molecule has 1 aliphatic carbocycles. The molecule has 1 heterocycles. The van der Waals surface area contributed by atoms with Crippen molar-refractivity contribution in [1.82, 2.24) is 0 Å². The average Bonchev–Trinajstić information content (AvgIpc) is 3.16. The van der Waals surface area contributed by atoms with Crippen molar-refractivity contribution < 1.29 is 0 Å². The third-order valence-electron chi connectivity index (χ3n) is 7.01. The topological polar surface area (TPSA) is 0 Å². The highest BCUT2D eigenvalue weighted by Gasteiger charge is 2.50. The molecule has 0 nitrogen and oxygen atoms in total. The second kappa shape index (κ2) is 7.12. The van der Waals surface area contributed by atoms with Crippen LogP contribution in [0.5, 0.6) is 0 Å². The van der Waals surface area contributed by atoms with E-state index in [1.807, 2.05) is 17.8 Å². The van der Waals surface area contributed by atoms with Crippen LogP contribution < -0.4 is 0 Å². The summed E-state index contributed by atoms with van der Waals surface area (Å²) in [4.78, 5) is 2.58. The summed E-state index contributed by atoms with van der Waals surface area (Å²) in [5, 5.41) is 0.778. The first kappa shape index (κ1) is 19.2. The van der Waals surface area contributed by atoms with Crippen molar-refractivity contribution in [1.29, 1.82) is 0 Å². The van der Waals surface area contributed by atoms with Gasteiger partial charge in [-0.1, -0.05) is 108 Å². The first-order valence-corrected chi connectivity index (χ1v) is 12.3. The number of benzene rings is 5. The summed E-state index contributed by atoms with van der Waals surface area (Å²) < 4.78 is 0. The van der Waals surface area contributed by atoms with Gasteiger partial charge in [0.05, 0.1) is 5.41 Å². The molecule has 7 rings (SSSR count). The highest BCUT2D eigenvalue weighted by atomic mass is 35.5. The lowest BCUT2D eigenvalue weighted by molar-refractivity contribution is 0.722. The van der Waals surface area contributed by atoms with Crippen LogP contribution in [0.15, 0.2) is 125 Å². The fourth-order valence-electron chi connectivity index (χ4n) is 5.69. The average molecular weight is 459 g/mol. The van der Waals surface area contributed by atoms with E-state index in [2.05, 4.69) is 109 Å². The second-order valence-electron chi connectivity index (χ2n) is 8.66. The van der Waals surface area contributed by atoms with Gasteiger partial charge in [-0.3, -0.25) is 0 Å². The Balaban J connectivity index is 1.62. The van der Waals surface area contributed by atoms with Gasteiger partial charge < -0.3 is 0 Å². The van der Waals surface area contributed by atoms with Crippen LogP contribution in [0.3, 0.4) is 0 Å². The molecule has 1 spiro atoms. The third kappa shape index (κ3) is 2.61. The number of rotatable bonds is 1. The highest BCUT2D eigenvalue weighted by Crippen LogP contribution is 2.62. The molecule has 2 heteroatoms. The van der Waals surface area contributed by atoms with Crippen molar-refractivity contribution in [2.75, 3.05) is 0 Å². The summed E-state index contributed by atoms with van der Waals surface area (Å²) in [5.41, 5.74) is 10.00. The Morgan fingerprint density at radius 2 is 1.18 bits per heavy atom. The van der Waals surface area contributed by atoms with Crippen molar-refractivity contribution >= 4 is 23.4 Å². The van der Waals surface area contributed by atoms with Gasteiger partial charge in [0.15, 0.2) is 0 Å². The molecule has 0 N–H and O–H groups in total. The molecule has 0 bridgehead atoms. The zero-order valence-corrected chi connectivity index (χ0v) is 19.3. The molecule has 5 aromatic carbocycles. The lowest BCUT2D eigenvalue weighted by Gasteiger charge is -2.39. The standard InChI is InChI=1S/C31H19ClS/c32-22-15-17-30-28(19-22)31(27-12-6-7-13-29(27)33-30)25-11-5-4-10-23(25)24-18-21(14-16-26(24)31)20-8-2-1-3-9-20/h1-19H. The van der Waals surface area contributed by atoms with Crippen molar-refractivity contribution in [3.8, 4) is 22.3 Å². The molecule has 1 atom stereocenters. The van der Waals surface area contributed by atoms with Gasteiger partial charge in [-0.2, -0.15) is 0 Å². The van der Waals surface area contributed by atoms with Crippen LogP contribution in [0.25, 0.3) is 22.3 Å². The van der Waals surface area contributed by atoms with Crippen molar-refractivity contribution in [3.05, 3.63) is 143 Å². The molecule has 0 saturated heterocycles. The molecule has 156 valence electrons. The normalized spacial score (nSPS) is 17.2. The summed E-state index contributed by atoms with van der Waals surface area (Å²) in [5.74, 6) is 0. The minimum absolute atomic E-state index is 0.372. The summed E-state index contributed by atoms with van der Waals surface area (Å²) in [6.07, 6.45) is 0. The van der Waals surface area contributed by atoms with E-state index >= 15 is 0 Å². The van der Waals surface area contributed by atoms with Crippen LogP contribution >= 0.6 is 23.4 Å². The molecule has 1 aliphatic heterocycles. The smallest absolute Gasteiger partial charge is 0.0735 e. The molecule has 1 unspecified atom stereocenters. The lowest BCUT2D eigenvalue weighted by Crippen LogP contribution is -2.31. The maximum atomic E-state index is 6.62. The van der Waals surface area contributed by atoms with Gasteiger partial charge in [-0.25, -0.2) is 0 Å². The van der Waals surface area contributed by atoms with Gasteiger partial charge in [0.1, 0.15) is 0 Å². The van der Waals surface area contributed by atoms with Gasteiger partial charge in [0, 0.05) is 14.8 Å². The van der Waals surface area contributed by atoms with E-state index < -0.39 is 0 Å². The Morgan fingerprint density at radius 3 is 2.06 bits per heavy atom. The lowest BCUT2D eigenvalue weighted by atomic mass is 9.67. The molecule has 0 saturated carbocycles. The van der Waals surface area contributed by atoms with E-state index in [0.717, 1.165) is 5.02 Å². The molecule has 0 aromatic heterocycles. The maximum absolute atomic E-state index is 6.62. The highest BCUT2D eigenvalue weighted by molar-refractivity contribution is 7.99. The van der Waals surface area contributed by atoms with Crippen LogP contribution in [0.1, 0.15) is 22.3 Å². The maximum Gasteiger partial charge on any atom is 0.0735 e. The number of hydrogen-bond donors (Lipinski definition) is 0. The van der Waals surface area contributed by atoms with Crippen LogP contribution in [0.2, 0.25) is 5.02 Å². The monoisotopic (exact) mass is 458 g/mol. The number of fused-ring (bicyclic) bond motifs is 9. The Bertz CT molecular complexity index is 1550. The van der Waals surface area contributed by atoms with Crippen LogP contribution in [-0.4, -0.2) is 0 Å². The molecule has 2 aliphatic rings. The molecule has 0 amide bonds. The summed E-state index contributed by atoms with van der Waals surface area (Å²) in [6.45, 7) is 0. The van der Waals surface area contributed by atoms with Gasteiger partial charge in [0.25, 0.3) is 0 Å². The van der Waals surface area contributed by atoms with E-state index in [0.29, 0.717) is 0 Å². The molecular weight excluding hydrogens is 440 g/mol. The van der Waals surface area contributed by atoms with E-state index in [-0.39, 0.29) is 5.41 Å². The van der Waals surface area contributed by atoms with Gasteiger partial charge >= 0.3 is 0 Å². The minimum Gasteiger partial charge on any atom is -0.0894 e. The van der Waals surface area contributed by atoms with E-state index in [1.54, 1.807) is 0 Å². The Morgan fingerprint density at radius 1 is 0.485 bits per heavy atom. The Labute approximate surface area is 202 Å². The first-order chi connectivity index (χ1) is 16.3. The Kier molecular flexibility index (Phi) is 4.15. The summed E-state index contributed by atoms with van der Waals surface area (Å²) in [7, 11) is 0. The quantitative estimate of drug-likeness (QED) is 0.237. The number of hydrogen-bond acceptors (Lipinski definition) is 1. The minimum atomic E-state index is -0.372. The summed E-state index contributed by atoms with van der Waals surface area (Å²) >= 11 is 8.46.